The minimum absolute atomic E-state index is 0.0992. The predicted octanol–water partition coefficient (Wildman–Crippen LogP) is 2.24. The molecule has 0 aromatic heterocycles. The van der Waals surface area contributed by atoms with Crippen LogP contribution in [0.2, 0.25) is 0 Å². The van der Waals surface area contributed by atoms with Crippen molar-refractivity contribution in [1.82, 2.24) is 5.32 Å². The first-order valence-electron chi connectivity index (χ1n) is 6.71. The Morgan fingerprint density at radius 2 is 2.19 bits per heavy atom. The minimum atomic E-state index is -4.36. The van der Waals surface area contributed by atoms with Crippen LogP contribution in [0.1, 0.15) is 17.5 Å². The SMILES string of the molecule is O=C(CCOCC(F)(F)F)Nc1cccc2c1CCNC2. The molecule has 116 valence electrons. The maximum absolute atomic E-state index is 11.9. The number of benzene rings is 1. The van der Waals surface area contributed by atoms with Gasteiger partial charge >= 0.3 is 6.18 Å². The molecule has 4 nitrogen and oxygen atoms in total. The van der Waals surface area contributed by atoms with Gasteiger partial charge in [0.05, 0.1) is 13.0 Å². The molecule has 0 spiro atoms. The van der Waals surface area contributed by atoms with Gasteiger partial charge in [0.25, 0.3) is 0 Å². The third kappa shape index (κ3) is 5.02. The van der Waals surface area contributed by atoms with Crippen LogP contribution in [0.5, 0.6) is 0 Å². The summed E-state index contributed by atoms with van der Waals surface area (Å²) in [7, 11) is 0. The molecule has 0 bridgehead atoms. The topological polar surface area (TPSA) is 50.4 Å². The first kappa shape index (κ1) is 15.8. The molecule has 1 aliphatic rings. The van der Waals surface area contributed by atoms with Crippen molar-refractivity contribution in [1.29, 1.82) is 0 Å². The van der Waals surface area contributed by atoms with E-state index in [1.165, 1.54) is 0 Å². The van der Waals surface area contributed by atoms with Gasteiger partial charge in [0, 0.05) is 12.2 Å². The summed E-state index contributed by atoms with van der Waals surface area (Å²) >= 11 is 0. The van der Waals surface area contributed by atoms with Gasteiger partial charge in [-0.05, 0) is 30.2 Å². The summed E-state index contributed by atoms with van der Waals surface area (Å²) in [5.74, 6) is -0.343. The van der Waals surface area contributed by atoms with Crippen LogP contribution in [0, 0.1) is 0 Å². The second-order valence-corrected chi connectivity index (χ2v) is 4.84. The molecule has 1 heterocycles. The van der Waals surface area contributed by atoms with Crippen molar-refractivity contribution >= 4 is 11.6 Å². The van der Waals surface area contributed by atoms with Crippen LogP contribution in [-0.2, 0) is 22.5 Å². The second kappa shape index (κ2) is 6.91. The molecule has 1 aromatic carbocycles. The number of fused-ring (bicyclic) bond motifs is 1. The van der Waals surface area contributed by atoms with Crippen molar-refractivity contribution in [2.24, 2.45) is 0 Å². The molecule has 1 aliphatic heterocycles. The van der Waals surface area contributed by atoms with Gasteiger partial charge in [0.15, 0.2) is 0 Å². The number of anilines is 1. The van der Waals surface area contributed by atoms with Gasteiger partial charge in [-0.1, -0.05) is 12.1 Å². The number of ether oxygens (including phenoxy) is 1. The van der Waals surface area contributed by atoms with Crippen LogP contribution in [-0.4, -0.2) is 31.8 Å². The van der Waals surface area contributed by atoms with Crippen molar-refractivity contribution in [3.05, 3.63) is 29.3 Å². The average molecular weight is 302 g/mol. The molecular weight excluding hydrogens is 285 g/mol. The molecule has 0 unspecified atom stereocenters. The number of alkyl halides is 3. The van der Waals surface area contributed by atoms with Crippen LogP contribution >= 0.6 is 0 Å². The van der Waals surface area contributed by atoms with Crippen molar-refractivity contribution in [2.75, 3.05) is 25.1 Å². The normalized spacial score (nSPS) is 14.6. The van der Waals surface area contributed by atoms with E-state index in [0.717, 1.165) is 36.3 Å². The number of hydrogen-bond acceptors (Lipinski definition) is 3. The molecule has 7 heteroatoms. The highest BCUT2D eigenvalue weighted by Gasteiger charge is 2.27. The molecule has 0 atom stereocenters. The van der Waals surface area contributed by atoms with Crippen molar-refractivity contribution in [2.45, 2.75) is 25.6 Å². The highest BCUT2D eigenvalue weighted by Crippen LogP contribution is 2.23. The van der Waals surface area contributed by atoms with Crippen LogP contribution in [0.4, 0.5) is 18.9 Å². The third-order valence-electron chi connectivity index (χ3n) is 3.15. The summed E-state index contributed by atoms with van der Waals surface area (Å²) in [4.78, 5) is 11.7. The first-order chi connectivity index (χ1) is 9.96. The number of hydrogen-bond donors (Lipinski definition) is 2. The fraction of sp³-hybridized carbons (Fsp3) is 0.500. The Balaban J connectivity index is 1.83. The largest absolute Gasteiger partial charge is 0.411 e. The quantitative estimate of drug-likeness (QED) is 0.820. The molecule has 0 saturated heterocycles. The van der Waals surface area contributed by atoms with Gasteiger partial charge in [0.1, 0.15) is 6.61 Å². The maximum Gasteiger partial charge on any atom is 0.411 e. The van der Waals surface area contributed by atoms with E-state index in [0.29, 0.717) is 0 Å². The van der Waals surface area contributed by atoms with Gasteiger partial charge < -0.3 is 15.4 Å². The standard InChI is InChI=1S/C14H17F3N2O2/c15-14(16,17)9-21-7-5-13(20)19-12-3-1-2-10-8-18-6-4-11(10)12/h1-3,18H,4-9H2,(H,19,20). The third-order valence-corrected chi connectivity index (χ3v) is 3.15. The van der Waals surface area contributed by atoms with E-state index >= 15 is 0 Å². The number of rotatable bonds is 5. The smallest absolute Gasteiger partial charge is 0.372 e. The Morgan fingerprint density at radius 3 is 2.95 bits per heavy atom. The average Bonchev–Trinajstić information content (AvgIpc) is 2.43. The fourth-order valence-corrected chi connectivity index (χ4v) is 2.21. The van der Waals surface area contributed by atoms with Crippen LogP contribution in [0.25, 0.3) is 0 Å². The number of carbonyl (C=O) groups is 1. The molecule has 2 rings (SSSR count). The minimum Gasteiger partial charge on any atom is -0.372 e. The van der Waals surface area contributed by atoms with Gasteiger partial charge in [0.2, 0.25) is 5.91 Å². The lowest BCUT2D eigenvalue weighted by Gasteiger charge is -2.20. The predicted molar refractivity (Wildman–Crippen MR) is 72.0 cm³/mol. The first-order valence-corrected chi connectivity index (χ1v) is 6.71. The molecular formula is C14H17F3N2O2. The van der Waals surface area contributed by atoms with E-state index in [9.17, 15) is 18.0 Å². The zero-order valence-electron chi connectivity index (χ0n) is 11.4. The lowest BCUT2D eigenvalue weighted by atomic mass is 9.99. The molecule has 0 fully saturated rings. The van der Waals surface area contributed by atoms with E-state index in [2.05, 4.69) is 15.4 Å². The lowest BCUT2D eigenvalue weighted by Crippen LogP contribution is -2.25. The Bertz CT molecular complexity index is 503. The fourth-order valence-electron chi connectivity index (χ4n) is 2.21. The number of carbonyl (C=O) groups excluding carboxylic acids is 1. The van der Waals surface area contributed by atoms with Gasteiger partial charge in [-0.3, -0.25) is 4.79 Å². The summed E-state index contributed by atoms with van der Waals surface area (Å²) in [5, 5.41) is 5.98. The summed E-state index contributed by atoms with van der Waals surface area (Å²) in [5.41, 5.74) is 2.95. The molecule has 2 N–H and O–H groups in total. The van der Waals surface area contributed by atoms with Gasteiger partial charge in [-0.15, -0.1) is 0 Å². The zero-order chi connectivity index (χ0) is 15.3. The zero-order valence-corrected chi connectivity index (χ0v) is 11.4. The molecule has 1 aromatic rings. The van der Waals surface area contributed by atoms with Crippen molar-refractivity contribution < 1.29 is 22.7 Å². The Morgan fingerprint density at radius 1 is 1.38 bits per heavy atom. The summed E-state index contributed by atoms with van der Waals surface area (Å²) < 4.78 is 40.1. The molecule has 0 saturated carbocycles. The summed E-state index contributed by atoms with van der Waals surface area (Å²) in [6.07, 6.45) is -3.64. The van der Waals surface area contributed by atoms with Gasteiger partial charge in [-0.25, -0.2) is 0 Å². The Hall–Kier alpha value is -1.60. The second-order valence-electron chi connectivity index (χ2n) is 4.84. The molecule has 21 heavy (non-hydrogen) atoms. The number of halogens is 3. The number of nitrogens with one attached hydrogen (secondary N) is 2. The monoisotopic (exact) mass is 302 g/mol. The van der Waals surface area contributed by atoms with E-state index in [1.54, 1.807) is 6.07 Å². The molecule has 1 amide bonds. The van der Waals surface area contributed by atoms with Crippen LogP contribution in [0.15, 0.2) is 18.2 Å². The van der Waals surface area contributed by atoms with Gasteiger partial charge in [-0.2, -0.15) is 13.2 Å². The Kier molecular flexibility index (Phi) is 5.19. The molecule has 0 aliphatic carbocycles. The van der Waals surface area contributed by atoms with E-state index in [-0.39, 0.29) is 18.9 Å². The lowest BCUT2D eigenvalue weighted by molar-refractivity contribution is -0.174. The number of amides is 1. The van der Waals surface area contributed by atoms with E-state index < -0.39 is 12.8 Å². The van der Waals surface area contributed by atoms with Crippen LogP contribution < -0.4 is 10.6 Å². The van der Waals surface area contributed by atoms with E-state index in [1.807, 2.05) is 12.1 Å². The van der Waals surface area contributed by atoms with Crippen LogP contribution in [0.3, 0.4) is 0 Å². The molecule has 0 radical (unpaired) electrons. The summed E-state index contributed by atoms with van der Waals surface area (Å²) in [6, 6.07) is 5.64. The Labute approximate surface area is 120 Å². The highest BCUT2D eigenvalue weighted by atomic mass is 19.4. The maximum atomic E-state index is 11.9. The summed E-state index contributed by atoms with van der Waals surface area (Å²) in [6.45, 7) is 0.0247. The van der Waals surface area contributed by atoms with Crippen molar-refractivity contribution in [3.8, 4) is 0 Å². The van der Waals surface area contributed by atoms with Crippen molar-refractivity contribution in [3.63, 3.8) is 0 Å². The highest BCUT2D eigenvalue weighted by molar-refractivity contribution is 5.91. The van der Waals surface area contributed by atoms with E-state index in [4.69, 9.17) is 0 Å².